The van der Waals surface area contributed by atoms with E-state index in [4.69, 9.17) is 26.1 Å². The lowest BCUT2D eigenvalue weighted by atomic mass is 10.0. The average molecular weight is 500 g/mol. The van der Waals surface area contributed by atoms with E-state index in [1.165, 1.54) is 7.11 Å². The number of pyridine rings is 1. The van der Waals surface area contributed by atoms with Gasteiger partial charge >= 0.3 is 5.97 Å². The Balaban J connectivity index is 1.55. The van der Waals surface area contributed by atoms with Crippen molar-refractivity contribution < 1.29 is 18.7 Å². The number of aromatic nitrogens is 1. The molecule has 0 spiro atoms. The summed E-state index contributed by atoms with van der Waals surface area (Å²) in [5, 5.41) is 4.00. The van der Waals surface area contributed by atoms with Gasteiger partial charge in [-0.2, -0.15) is 0 Å². The van der Waals surface area contributed by atoms with Gasteiger partial charge in [0.15, 0.2) is 5.11 Å². The molecular formula is C28H25N3O4S. The molecule has 1 saturated heterocycles. The SMILES string of the molecule is CCOc1ccc(N2C(=S)N[C@H](c3ccccn3)[C@H]2c2ccc(-c3cccc(C(=O)OC)c3)o2)cc1. The van der Waals surface area contributed by atoms with Crippen molar-refractivity contribution in [1.29, 1.82) is 0 Å². The molecule has 8 heteroatoms. The maximum atomic E-state index is 12.0. The standard InChI is InChI=1S/C28H25N3O4S/c1-3-34-21-12-10-20(11-13-21)31-26(25(30-28(31)36)22-9-4-5-16-29-22)24-15-14-23(35-24)18-7-6-8-19(17-18)27(32)33-2/h4-17,25-26H,3H2,1-2H3,(H,30,36)/t25-,26-/m1/s1. The van der Waals surface area contributed by atoms with Gasteiger partial charge in [0.05, 0.1) is 31.0 Å². The Hall–Kier alpha value is -4.17. The molecule has 182 valence electrons. The number of furan rings is 1. The Morgan fingerprint density at radius 2 is 1.92 bits per heavy atom. The van der Waals surface area contributed by atoms with E-state index in [9.17, 15) is 4.79 Å². The highest BCUT2D eigenvalue weighted by molar-refractivity contribution is 7.80. The number of nitrogens with one attached hydrogen (secondary N) is 1. The second kappa shape index (κ2) is 10.2. The van der Waals surface area contributed by atoms with E-state index >= 15 is 0 Å². The van der Waals surface area contributed by atoms with E-state index in [2.05, 4.69) is 10.3 Å². The van der Waals surface area contributed by atoms with E-state index in [-0.39, 0.29) is 12.1 Å². The summed E-state index contributed by atoms with van der Waals surface area (Å²) in [4.78, 5) is 18.6. The van der Waals surface area contributed by atoms with Gasteiger partial charge in [-0.05, 0) is 79.8 Å². The molecule has 0 bridgehead atoms. The van der Waals surface area contributed by atoms with Crippen LogP contribution < -0.4 is 15.0 Å². The van der Waals surface area contributed by atoms with Gasteiger partial charge in [-0.15, -0.1) is 0 Å². The zero-order valence-corrected chi connectivity index (χ0v) is 20.7. The second-order valence-corrected chi connectivity index (χ2v) is 8.58. The van der Waals surface area contributed by atoms with E-state index in [1.807, 2.05) is 72.5 Å². The number of carbonyl (C=O) groups is 1. The summed E-state index contributed by atoms with van der Waals surface area (Å²) in [6, 6.07) is 24.1. The van der Waals surface area contributed by atoms with E-state index < -0.39 is 5.97 Å². The van der Waals surface area contributed by atoms with Gasteiger partial charge in [0.2, 0.25) is 0 Å². The molecule has 2 atom stereocenters. The van der Waals surface area contributed by atoms with E-state index in [0.29, 0.717) is 28.8 Å². The Bertz CT molecular complexity index is 1370. The van der Waals surface area contributed by atoms with E-state index in [0.717, 1.165) is 22.7 Å². The average Bonchev–Trinajstić information content (AvgIpc) is 3.54. The molecule has 7 nitrogen and oxygen atoms in total. The molecule has 0 amide bonds. The van der Waals surface area contributed by atoms with Crippen molar-refractivity contribution in [3.63, 3.8) is 0 Å². The van der Waals surface area contributed by atoms with Crippen molar-refractivity contribution in [2.45, 2.75) is 19.0 Å². The number of ether oxygens (including phenoxy) is 2. The van der Waals surface area contributed by atoms with E-state index in [1.54, 1.807) is 24.4 Å². The van der Waals surface area contributed by atoms with Crippen molar-refractivity contribution >= 4 is 29.0 Å². The molecular weight excluding hydrogens is 474 g/mol. The zero-order chi connectivity index (χ0) is 25.1. The molecule has 0 radical (unpaired) electrons. The predicted molar refractivity (Wildman–Crippen MR) is 141 cm³/mol. The van der Waals surface area contributed by atoms with Gasteiger partial charge in [0.25, 0.3) is 0 Å². The largest absolute Gasteiger partial charge is 0.494 e. The Morgan fingerprint density at radius 3 is 2.64 bits per heavy atom. The fourth-order valence-electron chi connectivity index (χ4n) is 4.38. The smallest absolute Gasteiger partial charge is 0.337 e. The number of carbonyl (C=O) groups excluding carboxylic acids is 1. The minimum Gasteiger partial charge on any atom is -0.494 e. The zero-order valence-electron chi connectivity index (χ0n) is 19.9. The highest BCUT2D eigenvalue weighted by Gasteiger charge is 2.42. The lowest BCUT2D eigenvalue weighted by Crippen LogP contribution is -2.29. The number of thiocarbonyl (C=S) groups is 1. The summed E-state index contributed by atoms with van der Waals surface area (Å²) in [5.41, 5.74) is 2.99. The molecule has 0 saturated carbocycles. The van der Waals surface area contributed by atoms with Crippen molar-refractivity contribution in [3.8, 4) is 17.1 Å². The maximum Gasteiger partial charge on any atom is 0.337 e. The third-order valence-electron chi connectivity index (χ3n) is 6.01. The molecule has 0 unspecified atom stereocenters. The van der Waals surface area contributed by atoms with Gasteiger partial charge in [0, 0.05) is 17.4 Å². The lowest BCUT2D eigenvalue weighted by molar-refractivity contribution is 0.0601. The first kappa shape index (κ1) is 23.6. The fraction of sp³-hybridized carbons (Fsp3) is 0.179. The number of hydrogen-bond donors (Lipinski definition) is 1. The highest BCUT2D eigenvalue weighted by Crippen LogP contribution is 2.43. The molecule has 0 aliphatic carbocycles. The van der Waals surface area contributed by atoms with Gasteiger partial charge in [-0.3, -0.25) is 4.98 Å². The number of esters is 1. The molecule has 2 aromatic heterocycles. The molecule has 1 aliphatic heterocycles. The molecule has 1 fully saturated rings. The summed E-state index contributed by atoms with van der Waals surface area (Å²) in [6.45, 7) is 2.55. The minimum absolute atomic E-state index is 0.231. The third kappa shape index (κ3) is 4.55. The third-order valence-corrected chi connectivity index (χ3v) is 6.33. The lowest BCUT2D eigenvalue weighted by Gasteiger charge is -2.26. The number of nitrogens with zero attached hydrogens (tertiary/aromatic N) is 2. The number of hydrogen-bond acceptors (Lipinski definition) is 6. The van der Waals surface area contributed by atoms with Gasteiger partial charge in [-0.1, -0.05) is 18.2 Å². The first-order valence-corrected chi connectivity index (χ1v) is 12.0. The molecule has 36 heavy (non-hydrogen) atoms. The van der Waals surface area contributed by atoms with Crippen molar-refractivity contribution in [2.75, 3.05) is 18.6 Å². The van der Waals surface area contributed by atoms with Gasteiger partial charge in [0.1, 0.15) is 23.3 Å². The van der Waals surface area contributed by atoms with Crippen LogP contribution in [0, 0.1) is 0 Å². The van der Waals surface area contributed by atoms with Gasteiger partial charge in [-0.25, -0.2) is 4.79 Å². The van der Waals surface area contributed by atoms with Crippen LogP contribution in [0.2, 0.25) is 0 Å². The predicted octanol–water partition coefficient (Wildman–Crippen LogP) is 5.70. The number of anilines is 1. The van der Waals surface area contributed by atoms with Crippen LogP contribution in [0.1, 0.15) is 40.8 Å². The molecule has 3 heterocycles. The number of methoxy groups -OCH3 is 1. The normalized spacial score (nSPS) is 17.1. The molecule has 5 rings (SSSR count). The topological polar surface area (TPSA) is 76.8 Å². The van der Waals surface area contributed by atoms with Crippen LogP contribution in [0.3, 0.4) is 0 Å². The Labute approximate surface area is 214 Å². The monoisotopic (exact) mass is 499 g/mol. The highest BCUT2D eigenvalue weighted by atomic mass is 32.1. The Morgan fingerprint density at radius 1 is 1.08 bits per heavy atom. The summed E-state index contributed by atoms with van der Waals surface area (Å²) >= 11 is 5.78. The quantitative estimate of drug-likeness (QED) is 0.256. The molecule has 1 N–H and O–H groups in total. The number of benzene rings is 2. The van der Waals surface area contributed by atoms with Crippen LogP contribution in [-0.2, 0) is 4.74 Å². The van der Waals surface area contributed by atoms with Crippen molar-refractivity contribution in [3.05, 3.63) is 102 Å². The summed E-state index contributed by atoms with van der Waals surface area (Å²) in [5.74, 6) is 1.75. The van der Waals surface area contributed by atoms with Crippen molar-refractivity contribution in [1.82, 2.24) is 10.3 Å². The fourth-order valence-corrected chi connectivity index (χ4v) is 4.72. The van der Waals surface area contributed by atoms with Crippen LogP contribution >= 0.6 is 12.2 Å². The van der Waals surface area contributed by atoms with Crippen molar-refractivity contribution in [2.24, 2.45) is 0 Å². The van der Waals surface area contributed by atoms with Crippen LogP contribution in [0.5, 0.6) is 5.75 Å². The van der Waals surface area contributed by atoms with Crippen LogP contribution in [0.25, 0.3) is 11.3 Å². The Kier molecular flexibility index (Phi) is 6.69. The summed E-state index contributed by atoms with van der Waals surface area (Å²) in [7, 11) is 1.36. The van der Waals surface area contributed by atoms with Gasteiger partial charge < -0.3 is 24.1 Å². The van der Waals surface area contributed by atoms with Crippen LogP contribution in [0.15, 0.2) is 89.5 Å². The maximum absolute atomic E-state index is 12.0. The molecule has 4 aromatic rings. The summed E-state index contributed by atoms with van der Waals surface area (Å²) < 4.78 is 16.9. The second-order valence-electron chi connectivity index (χ2n) is 8.20. The molecule has 2 aromatic carbocycles. The molecule has 1 aliphatic rings. The summed E-state index contributed by atoms with van der Waals surface area (Å²) in [6.07, 6.45) is 1.77. The minimum atomic E-state index is -0.397. The number of rotatable bonds is 7. The first-order valence-electron chi connectivity index (χ1n) is 11.6. The van der Waals surface area contributed by atoms with Crippen LogP contribution in [-0.4, -0.2) is 29.8 Å². The van der Waals surface area contributed by atoms with Crippen LogP contribution in [0.4, 0.5) is 5.69 Å². The first-order chi connectivity index (χ1) is 17.6.